The Morgan fingerprint density at radius 2 is 2.28 bits per heavy atom. The third-order valence-corrected chi connectivity index (χ3v) is 3.63. The predicted molar refractivity (Wildman–Crippen MR) is 74.9 cm³/mol. The van der Waals surface area contributed by atoms with Crippen molar-refractivity contribution in [1.29, 1.82) is 0 Å². The number of pyridine rings is 1. The molecule has 7 heteroatoms. The monoisotopic (exact) mass is 433 g/mol. The van der Waals surface area contributed by atoms with Gasteiger partial charge in [0, 0.05) is 20.7 Å². The molecule has 1 heterocycles. The number of halogens is 4. The van der Waals surface area contributed by atoms with E-state index in [1.807, 2.05) is 0 Å². The molecule has 0 N–H and O–H groups in total. The Morgan fingerprint density at radius 1 is 1.61 bits per heavy atom. The number of hydrogen-bond donors (Lipinski definition) is 0. The van der Waals surface area contributed by atoms with Gasteiger partial charge in [-0.25, -0.2) is 8.78 Å². The summed E-state index contributed by atoms with van der Waals surface area (Å²) in [5, 5.41) is 0.318. The average Bonchev–Trinajstić information content (AvgIpc) is 2.29. The van der Waals surface area contributed by atoms with Gasteiger partial charge in [-0.2, -0.15) is 0 Å². The van der Waals surface area contributed by atoms with Crippen LogP contribution in [0.1, 0.15) is 30.2 Å². The van der Waals surface area contributed by atoms with E-state index in [0.29, 0.717) is 14.6 Å². The van der Waals surface area contributed by atoms with Crippen molar-refractivity contribution >= 4 is 44.5 Å². The summed E-state index contributed by atoms with van der Waals surface area (Å²) in [5.41, 5.74) is 0.569. The molecule has 1 aromatic heterocycles. The second-order valence-electron chi connectivity index (χ2n) is 3.36. The molecule has 0 atom stereocenters. The molecule has 0 amide bonds. The minimum absolute atomic E-state index is 0.131. The van der Waals surface area contributed by atoms with E-state index in [0.717, 1.165) is 0 Å². The van der Waals surface area contributed by atoms with Gasteiger partial charge in [0.1, 0.15) is 0 Å². The molecule has 3 nitrogen and oxygen atoms in total. The van der Waals surface area contributed by atoms with E-state index in [2.05, 4.69) is 20.9 Å². The molecule has 0 unspecified atom stereocenters. The van der Waals surface area contributed by atoms with Crippen molar-refractivity contribution in [3.05, 3.63) is 26.6 Å². The van der Waals surface area contributed by atoms with Gasteiger partial charge in [0.15, 0.2) is 0 Å². The van der Waals surface area contributed by atoms with Crippen LogP contribution in [0.15, 0.2) is 6.20 Å². The van der Waals surface area contributed by atoms with Crippen LogP contribution in [0.2, 0.25) is 0 Å². The van der Waals surface area contributed by atoms with Gasteiger partial charge in [0.25, 0.3) is 6.43 Å². The summed E-state index contributed by atoms with van der Waals surface area (Å²) in [7, 11) is 0. The number of rotatable bonds is 5. The summed E-state index contributed by atoms with van der Waals surface area (Å²) >= 11 is 4.98. The summed E-state index contributed by atoms with van der Waals surface area (Å²) in [6.07, 6.45) is -1.44. The summed E-state index contributed by atoms with van der Waals surface area (Å²) < 4.78 is 31.2. The molecule has 0 bridgehead atoms. The lowest BCUT2D eigenvalue weighted by Crippen LogP contribution is -2.13. The Kier molecular flexibility index (Phi) is 6.40. The summed E-state index contributed by atoms with van der Waals surface area (Å²) in [5.74, 6) is -0.523. The molecule has 0 aromatic carbocycles. The SMILES string of the molecule is CCOC(=O)Cc1c(CBr)ncc(I)c1C(F)F. The number of aromatic nitrogens is 1. The molecule has 0 aliphatic rings. The molecule has 0 aliphatic heterocycles. The maximum atomic E-state index is 13.0. The van der Waals surface area contributed by atoms with Gasteiger partial charge in [-0.15, -0.1) is 0 Å². The highest BCUT2D eigenvalue weighted by atomic mass is 127. The largest absolute Gasteiger partial charge is 0.466 e. The zero-order chi connectivity index (χ0) is 13.7. The number of ether oxygens (including phenoxy) is 1. The number of alkyl halides is 3. The van der Waals surface area contributed by atoms with Crippen molar-refractivity contribution in [3.63, 3.8) is 0 Å². The predicted octanol–water partition coefficient (Wildman–Crippen LogP) is 3.62. The molecule has 0 fully saturated rings. The van der Waals surface area contributed by atoms with E-state index in [1.165, 1.54) is 6.20 Å². The van der Waals surface area contributed by atoms with E-state index in [1.54, 1.807) is 29.5 Å². The Bertz CT molecular complexity index is 443. The molecule has 1 aromatic rings. The van der Waals surface area contributed by atoms with Crippen LogP contribution >= 0.6 is 38.5 Å². The lowest BCUT2D eigenvalue weighted by Gasteiger charge is -2.13. The van der Waals surface area contributed by atoms with Crippen LogP contribution in [-0.4, -0.2) is 17.6 Å². The fourth-order valence-electron chi connectivity index (χ4n) is 1.49. The number of carbonyl (C=O) groups is 1. The van der Waals surface area contributed by atoms with Gasteiger partial charge in [-0.05, 0) is 35.1 Å². The van der Waals surface area contributed by atoms with Crippen LogP contribution in [0.25, 0.3) is 0 Å². The molecule has 0 saturated carbocycles. The highest BCUT2D eigenvalue weighted by Gasteiger charge is 2.22. The fraction of sp³-hybridized carbons (Fsp3) is 0.455. The normalized spacial score (nSPS) is 10.8. The van der Waals surface area contributed by atoms with Crippen molar-refractivity contribution in [1.82, 2.24) is 4.98 Å². The van der Waals surface area contributed by atoms with Gasteiger partial charge in [-0.3, -0.25) is 9.78 Å². The van der Waals surface area contributed by atoms with E-state index in [4.69, 9.17) is 4.74 Å². The first-order valence-corrected chi connectivity index (χ1v) is 7.37. The quantitative estimate of drug-likeness (QED) is 0.404. The van der Waals surface area contributed by atoms with Crippen molar-refractivity contribution in [2.45, 2.75) is 25.1 Å². The van der Waals surface area contributed by atoms with Crippen LogP contribution < -0.4 is 0 Å². The van der Waals surface area contributed by atoms with E-state index >= 15 is 0 Å². The highest BCUT2D eigenvalue weighted by molar-refractivity contribution is 14.1. The third kappa shape index (κ3) is 3.84. The maximum Gasteiger partial charge on any atom is 0.310 e. The lowest BCUT2D eigenvalue weighted by molar-refractivity contribution is -0.142. The Morgan fingerprint density at radius 3 is 2.78 bits per heavy atom. The number of esters is 1. The van der Waals surface area contributed by atoms with Gasteiger partial charge in [0.05, 0.1) is 18.7 Å². The molecular formula is C11H11BrF2INO2. The highest BCUT2D eigenvalue weighted by Crippen LogP contribution is 2.30. The van der Waals surface area contributed by atoms with Gasteiger partial charge in [-0.1, -0.05) is 15.9 Å². The molecular weight excluding hydrogens is 423 g/mol. The first-order valence-electron chi connectivity index (χ1n) is 5.17. The first-order chi connectivity index (χ1) is 8.51. The number of nitrogens with zero attached hydrogens (tertiary/aromatic N) is 1. The van der Waals surface area contributed by atoms with Crippen molar-refractivity contribution in [2.75, 3.05) is 6.61 Å². The van der Waals surface area contributed by atoms with Crippen molar-refractivity contribution in [3.8, 4) is 0 Å². The van der Waals surface area contributed by atoms with Crippen molar-refractivity contribution in [2.24, 2.45) is 0 Å². The minimum atomic E-state index is -2.64. The topological polar surface area (TPSA) is 39.2 Å². The Balaban J connectivity index is 3.19. The molecule has 0 saturated heterocycles. The van der Waals surface area contributed by atoms with Gasteiger partial charge < -0.3 is 4.74 Å². The van der Waals surface area contributed by atoms with Gasteiger partial charge in [0.2, 0.25) is 0 Å². The Hall–Kier alpha value is -0.310. The fourth-order valence-corrected chi connectivity index (χ4v) is 2.67. The minimum Gasteiger partial charge on any atom is -0.466 e. The number of carbonyl (C=O) groups excluding carboxylic acids is 1. The average molecular weight is 434 g/mol. The molecule has 18 heavy (non-hydrogen) atoms. The van der Waals surface area contributed by atoms with E-state index in [-0.39, 0.29) is 24.2 Å². The Labute approximate surface area is 126 Å². The summed E-state index contributed by atoms with van der Waals surface area (Å²) in [4.78, 5) is 15.5. The summed E-state index contributed by atoms with van der Waals surface area (Å²) in [6, 6.07) is 0. The second-order valence-corrected chi connectivity index (χ2v) is 5.08. The molecule has 0 aliphatic carbocycles. The molecule has 0 radical (unpaired) electrons. The van der Waals surface area contributed by atoms with E-state index < -0.39 is 12.4 Å². The lowest BCUT2D eigenvalue weighted by atomic mass is 10.0. The van der Waals surface area contributed by atoms with E-state index in [9.17, 15) is 13.6 Å². The van der Waals surface area contributed by atoms with Crippen LogP contribution in [-0.2, 0) is 21.3 Å². The van der Waals surface area contributed by atoms with Crippen LogP contribution in [0.5, 0.6) is 0 Å². The standard InChI is InChI=1S/C11H11BrF2INO2/c1-2-18-9(17)3-6-8(4-12)16-5-7(15)10(6)11(13)14/h5,11H,2-4H2,1H3. The molecule has 1 rings (SSSR count). The second kappa shape index (κ2) is 7.32. The first kappa shape index (κ1) is 15.7. The maximum absolute atomic E-state index is 13.0. The van der Waals surface area contributed by atoms with Crippen LogP contribution in [0.3, 0.4) is 0 Å². The number of hydrogen-bond acceptors (Lipinski definition) is 3. The summed E-state index contributed by atoms with van der Waals surface area (Å²) in [6.45, 7) is 1.90. The van der Waals surface area contributed by atoms with Crippen molar-refractivity contribution < 1.29 is 18.3 Å². The zero-order valence-electron chi connectivity index (χ0n) is 9.55. The zero-order valence-corrected chi connectivity index (χ0v) is 13.3. The van der Waals surface area contributed by atoms with Crippen LogP contribution in [0, 0.1) is 3.57 Å². The smallest absolute Gasteiger partial charge is 0.310 e. The molecule has 100 valence electrons. The third-order valence-electron chi connectivity index (χ3n) is 2.24. The molecule has 0 spiro atoms. The van der Waals surface area contributed by atoms with Crippen LogP contribution in [0.4, 0.5) is 8.78 Å². The van der Waals surface area contributed by atoms with Gasteiger partial charge >= 0.3 is 5.97 Å².